The molecule has 28 heavy (non-hydrogen) atoms. The number of rotatable bonds is 6. The Morgan fingerprint density at radius 3 is 2.57 bits per heavy atom. The maximum atomic E-state index is 12.6. The quantitative estimate of drug-likeness (QED) is 0.705. The zero-order chi connectivity index (χ0) is 20.1. The van der Waals surface area contributed by atoms with E-state index < -0.39 is 6.04 Å². The van der Waals surface area contributed by atoms with Gasteiger partial charge in [0.15, 0.2) is 5.82 Å². The number of carbonyl (C=O) groups is 2. The smallest absolute Gasteiger partial charge is 0.229 e. The molecule has 0 aliphatic carbocycles. The van der Waals surface area contributed by atoms with E-state index in [2.05, 4.69) is 26.0 Å². The second-order valence-electron chi connectivity index (χ2n) is 7.36. The van der Waals surface area contributed by atoms with E-state index in [9.17, 15) is 9.59 Å². The first kappa shape index (κ1) is 20.0. The van der Waals surface area contributed by atoms with Crippen molar-refractivity contribution in [2.75, 3.05) is 18.4 Å². The first-order valence-electron chi connectivity index (χ1n) is 9.67. The molecule has 8 nitrogen and oxygen atoms in total. The monoisotopic (exact) mass is 384 g/mol. The molecule has 150 valence electrons. The van der Waals surface area contributed by atoms with Crippen LogP contribution in [0, 0.1) is 6.92 Å². The fourth-order valence-corrected chi connectivity index (χ4v) is 3.42. The van der Waals surface area contributed by atoms with E-state index in [1.807, 2.05) is 31.2 Å². The van der Waals surface area contributed by atoms with Gasteiger partial charge in [-0.2, -0.15) is 10.1 Å². The van der Waals surface area contributed by atoms with Crippen LogP contribution in [-0.2, 0) is 16.6 Å². The standard InChI is InChI=1S/C20H28N6O2/c1-13-4-6-15(7-5-13)17(22-14(2)27)12-18(28)23-20-24-19(25-26(20)3)16-8-10-21-11-9-16/h4-7,16-17,21H,8-12H2,1-3H3,(H,22,27)(H,23,24,25,28). The first-order valence-corrected chi connectivity index (χ1v) is 9.67. The minimum absolute atomic E-state index is 0.123. The van der Waals surface area contributed by atoms with Gasteiger partial charge < -0.3 is 10.6 Å². The van der Waals surface area contributed by atoms with Gasteiger partial charge in [-0.15, -0.1) is 0 Å². The van der Waals surface area contributed by atoms with Gasteiger partial charge in [-0.05, 0) is 38.4 Å². The van der Waals surface area contributed by atoms with Crippen LogP contribution in [-0.4, -0.2) is 39.7 Å². The summed E-state index contributed by atoms with van der Waals surface area (Å²) in [5, 5.41) is 13.5. The molecule has 3 rings (SSSR count). The molecule has 1 saturated heterocycles. The zero-order valence-corrected chi connectivity index (χ0v) is 16.7. The van der Waals surface area contributed by atoms with Gasteiger partial charge in [0, 0.05) is 19.9 Å². The molecule has 1 aromatic carbocycles. The summed E-state index contributed by atoms with van der Waals surface area (Å²) in [4.78, 5) is 28.8. The predicted molar refractivity (Wildman–Crippen MR) is 107 cm³/mol. The van der Waals surface area contributed by atoms with Gasteiger partial charge in [0.1, 0.15) is 0 Å². The second-order valence-corrected chi connectivity index (χ2v) is 7.36. The van der Waals surface area contributed by atoms with E-state index in [1.54, 1.807) is 11.7 Å². The molecular weight excluding hydrogens is 356 g/mol. The highest BCUT2D eigenvalue weighted by molar-refractivity contribution is 5.90. The fourth-order valence-electron chi connectivity index (χ4n) is 3.42. The molecule has 2 aromatic rings. The molecule has 0 saturated carbocycles. The third kappa shape index (κ3) is 5.16. The highest BCUT2D eigenvalue weighted by Gasteiger charge is 2.22. The van der Waals surface area contributed by atoms with Crippen molar-refractivity contribution in [1.82, 2.24) is 25.4 Å². The molecule has 1 aliphatic rings. The summed E-state index contributed by atoms with van der Waals surface area (Å²) in [7, 11) is 1.78. The number of hydrogen-bond donors (Lipinski definition) is 3. The maximum absolute atomic E-state index is 12.6. The third-order valence-corrected chi connectivity index (χ3v) is 4.98. The Labute approximate surface area is 165 Å². The van der Waals surface area contributed by atoms with E-state index in [-0.39, 0.29) is 18.2 Å². The van der Waals surface area contributed by atoms with Gasteiger partial charge in [-0.25, -0.2) is 4.68 Å². The lowest BCUT2D eigenvalue weighted by molar-refractivity contribution is -0.120. The lowest BCUT2D eigenvalue weighted by atomic mass is 9.98. The van der Waals surface area contributed by atoms with Gasteiger partial charge in [-0.1, -0.05) is 29.8 Å². The molecule has 1 aliphatic heterocycles. The van der Waals surface area contributed by atoms with Crippen LogP contribution in [0.15, 0.2) is 24.3 Å². The van der Waals surface area contributed by atoms with Crippen molar-refractivity contribution in [3.63, 3.8) is 0 Å². The van der Waals surface area contributed by atoms with Crippen molar-refractivity contribution in [3.8, 4) is 0 Å². The number of carbonyl (C=O) groups excluding carboxylic acids is 2. The van der Waals surface area contributed by atoms with Crippen molar-refractivity contribution < 1.29 is 9.59 Å². The van der Waals surface area contributed by atoms with Gasteiger partial charge in [0.05, 0.1) is 12.5 Å². The highest BCUT2D eigenvalue weighted by Crippen LogP contribution is 2.24. The molecular formula is C20H28N6O2. The molecule has 1 fully saturated rings. The number of nitrogens with zero attached hydrogens (tertiary/aromatic N) is 3. The van der Waals surface area contributed by atoms with Crippen molar-refractivity contribution in [3.05, 3.63) is 41.2 Å². The summed E-state index contributed by atoms with van der Waals surface area (Å²) in [6, 6.07) is 7.41. The minimum atomic E-state index is -0.393. The summed E-state index contributed by atoms with van der Waals surface area (Å²) in [5.41, 5.74) is 2.02. The number of hydrogen-bond acceptors (Lipinski definition) is 5. The van der Waals surface area contributed by atoms with Crippen molar-refractivity contribution in [1.29, 1.82) is 0 Å². The predicted octanol–water partition coefficient (Wildman–Crippen LogP) is 1.80. The van der Waals surface area contributed by atoms with Crippen molar-refractivity contribution in [2.24, 2.45) is 7.05 Å². The average molecular weight is 384 g/mol. The number of amides is 2. The zero-order valence-electron chi connectivity index (χ0n) is 16.7. The van der Waals surface area contributed by atoms with Gasteiger partial charge in [-0.3, -0.25) is 14.9 Å². The van der Waals surface area contributed by atoms with Crippen molar-refractivity contribution in [2.45, 2.75) is 45.1 Å². The number of nitrogens with one attached hydrogen (secondary N) is 3. The molecule has 0 radical (unpaired) electrons. The van der Waals surface area contributed by atoms with Gasteiger partial charge in [0.25, 0.3) is 0 Å². The van der Waals surface area contributed by atoms with Crippen LogP contribution in [0.5, 0.6) is 0 Å². The molecule has 8 heteroatoms. The molecule has 3 N–H and O–H groups in total. The van der Waals surface area contributed by atoms with E-state index in [0.29, 0.717) is 11.9 Å². The summed E-state index contributed by atoms with van der Waals surface area (Å²) < 4.78 is 1.61. The van der Waals surface area contributed by atoms with Gasteiger partial charge >= 0.3 is 0 Å². The van der Waals surface area contributed by atoms with Crippen LogP contribution in [0.4, 0.5) is 5.95 Å². The van der Waals surface area contributed by atoms with Crippen LogP contribution in [0.1, 0.15) is 55.1 Å². The van der Waals surface area contributed by atoms with Crippen LogP contribution < -0.4 is 16.0 Å². The minimum Gasteiger partial charge on any atom is -0.349 e. The van der Waals surface area contributed by atoms with E-state index in [1.165, 1.54) is 6.92 Å². The Bertz CT molecular complexity index is 824. The van der Waals surface area contributed by atoms with Crippen LogP contribution in [0.2, 0.25) is 0 Å². The Hall–Kier alpha value is -2.74. The number of aromatic nitrogens is 3. The van der Waals surface area contributed by atoms with E-state index >= 15 is 0 Å². The number of aryl methyl sites for hydroxylation is 2. The molecule has 0 spiro atoms. The van der Waals surface area contributed by atoms with E-state index in [4.69, 9.17) is 0 Å². The molecule has 1 unspecified atom stereocenters. The topological polar surface area (TPSA) is 101 Å². The largest absolute Gasteiger partial charge is 0.349 e. The maximum Gasteiger partial charge on any atom is 0.229 e. The summed E-state index contributed by atoms with van der Waals surface area (Å²) in [5.74, 6) is 1.13. The third-order valence-electron chi connectivity index (χ3n) is 4.98. The average Bonchev–Trinajstić information content (AvgIpc) is 3.02. The second kappa shape index (κ2) is 8.97. The van der Waals surface area contributed by atoms with Crippen LogP contribution >= 0.6 is 0 Å². The molecule has 0 bridgehead atoms. The number of piperidine rings is 1. The molecule has 1 atom stereocenters. The van der Waals surface area contributed by atoms with Crippen LogP contribution in [0.3, 0.4) is 0 Å². The van der Waals surface area contributed by atoms with Crippen molar-refractivity contribution >= 4 is 17.8 Å². The lowest BCUT2D eigenvalue weighted by Gasteiger charge is -2.19. The number of benzene rings is 1. The first-order chi connectivity index (χ1) is 13.4. The lowest BCUT2D eigenvalue weighted by Crippen LogP contribution is -2.30. The Kier molecular flexibility index (Phi) is 6.41. The normalized spacial score (nSPS) is 15.8. The Balaban J connectivity index is 1.68. The van der Waals surface area contributed by atoms with Gasteiger partial charge in [0.2, 0.25) is 17.8 Å². The fraction of sp³-hybridized carbons (Fsp3) is 0.500. The SMILES string of the molecule is CC(=O)NC(CC(=O)Nc1nc(C2CCNCC2)nn1C)c1ccc(C)cc1. The summed E-state index contributed by atoms with van der Waals surface area (Å²) in [6.45, 7) is 5.37. The summed E-state index contributed by atoms with van der Waals surface area (Å²) in [6.07, 6.45) is 2.11. The molecule has 1 aromatic heterocycles. The molecule has 2 heterocycles. The highest BCUT2D eigenvalue weighted by atomic mass is 16.2. The van der Waals surface area contributed by atoms with Crippen LogP contribution in [0.25, 0.3) is 0 Å². The Morgan fingerprint density at radius 2 is 1.93 bits per heavy atom. The molecule has 2 amide bonds. The Morgan fingerprint density at radius 1 is 1.25 bits per heavy atom. The number of anilines is 1. The summed E-state index contributed by atoms with van der Waals surface area (Å²) >= 11 is 0. The van der Waals surface area contributed by atoms with E-state index in [0.717, 1.165) is 42.9 Å².